The molecule has 2 aromatic heterocycles. The molecule has 1 amide bonds. The minimum absolute atomic E-state index is 0.330. The zero-order chi connectivity index (χ0) is 19.6. The van der Waals surface area contributed by atoms with Gasteiger partial charge in [0.2, 0.25) is 0 Å². The molecule has 0 aliphatic rings. The molecule has 3 rings (SSSR count). The summed E-state index contributed by atoms with van der Waals surface area (Å²) in [7, 11) is 1.32. The van der Waals surface area contributed by atoms with Crippen molar-refractivity contribution in [1.82, 2.24) is 25.2 Å². The van der Waals surface area contributed by atoms with Crippen LogP contribution >= 0.6 is 0 Å². The lowest BCUT2D eigenvalue weighted by Crippen LogP contribution is -2.14. The summed E-state index contributed by atoms with van der Waals surface area (Å²) < 4.78 is 6.40. The number of nitrogens with one attached hydrogen (secondary N) is 2. The monoisotopic (exact) mass is 368 g/mol. The molecule has 0 saturated carbocycles. The Morgan fingerprint density at radius 1 is 1.30 bits per heavy atom. The Morgan fingerprint density at radius 3 is 2.70 bits per heavy atom. The Balaban J connectivity index is 1.89. The number of nitrogens with zero attached hydrogens (tertiary/aromatic N) is 4. The van der Waals surface area contributed by atoms with Crippen LogP contribution in [0.2, 0.25) is 0 Å². The average Bonchev–Trinajstić information content (AvgIpc) is 3.24. The van der Waals surface area contributed by atoms with Crippen LogP contribution in [0, 0.1) is 13.8 Å². The first kappa shape index (κ1) is 18.3. The van der Waals surface area contributed by atoms with E-state index in [0.29, 0.717) is 40.4 Å². The van der Waals surface area contributed by atoms with Crippen LogP contribution in [-0.2, 0) is 11.2 Å². The molecule has 27 heavy (non-hydrogen) atoms. The van der Waals surface area contributed by atoms with E-state index in [1.807, 2.05) is 13.0 Å². The molecular formula is C18H20N6O3. The van der Waals surface area contributed by atoms with E-state index in [0.717, 1.165) is 5.69 Å². The minimum Gasteiger partial charge on any atom is -0.465 e. The molecule has 3 aromatic rings. The predicted octanol–water partition coefficient (Wildman–Crippen LogP) is 2.21. The number of ether oxygens (including phenoxy) is 1. The van der Waals surface area contributed by atoms with Crippen molar-refractivity contribution in [3.05, 3.63) is 52.6 Å². The zero-order valence-electron chi connectivity index (χ0n) is 15.5. The number of anilines is 1. The number of benzene rings is 1. The van der Waals surface area contributed by atoms with Gasteiger partial charge in [-0.2, -0.15) is 4.68 Å². The van der Waals surface area contributed by atoms with Crippen molar-refractivity contribution in [3.8, 4) is 5.69 Å². The number of amides is 1. The molecule has 9 heteroatoms. The second-order valence-electron chi connectivity index (χ2n) is 5.97. The van der Waals surface area contributed by atoms with Gasteiger partial charge >= 0.3 is 5.97 Å². The van der Waals surface area contributed by atoms with Crippen LogP contribution in [0.3, 0.4) is 0 Å². The van der Waals surface area contributed by atoms with Crippen molar-refractivity contribution in [2.24, 2.45) is 0 Å². The summed E-state index contributed by atoms with van der Waals surface area (Å²) in [6, 6.07) is 7.16. The quantitative estimate of drug-likeness (QED) is 0.667. The number of esters is 1. The summed E-state index contributed by atoms with van der Waals surface area (Å²) in [6.45, 7) is 5.41. The van der Waals surface area contributed by atoms with Crippen LogP contribution < -0.4 is 5.32 Å². The number of hydrogen-bond acceptors (Lipinski definition) is 6. The van der Waals surface area contributed by atoms with Gasteiger partial charge in [0.05, 0.1) is 18.4 Å². The summed E-state index contributed by atoms with van der Waals surface area (Å²) in [4.78, 5) is 27.8. The Labute approximate surface area is 155 Å². The molecule has 2 heterocycles. The maximum Gasteiger partial charge on any atom is 0.339 e. The number of aromatic amines is 1. The van der Waals surface area contributed by atoms with Gasteiger partial charge in [-0.1, -0.05) is 13.0 Å². The van der Waals surface area contributed by atoms with Crippen molar-refractivity contribution in [2.45, 2.75) is 27.2 Å². The number of aromatic nitrogens is 5. The summed E-state index contributed by atoms with van der Waals surface area (Å²) in [5.41, 5.74) is 3.27. The molecule has 0 saturated heterocycles. The smallest absolute Gasteiger partial charge is 0.339 e. The standard InChI is InChI=1S/C18H20N6O3/c1-5-14-15(18(26)27-4)10(2)16(20-14)17(25)19-12-7-6-8-13(9-12)24-11(3)21-22-23-24/h6-9,20H,5H2,1-4H3,(H,19,25). The van der Waals surface area contributed by atoms with Gasteiger partial charge in [-0.3, -0.25) is 4.79 Å². The van der Waals surface area contributed by atoms with E-state index in [4.69, 9.17) is 4.74 Å². The topological polar surface area (TPSA) is 115 Å². The Bertz CT molecular complexity index is 1000. The fourth-order valence-electron chi connectivity index (χ4n) is 2.91. The molecule has 0 aliphatic carbocycles. The first-order valence-corrected chi connectivity index (χ1v) is 8.42. The van der Waals surface area contributed by atoms with E-state index in [1.165, 1.54) is 7.11 Å². The molecule has 140 valence electrons. The minimum atomic E-state index is -0.462. The molecule has 0 aliphatic heterocycles. The number of hydrogen-bond donors (Lipinski definition) is 2. The van der Waals surface area contributed by atoms with E-state index >= 15 is 0 Å². The highest BCUT2D eigenvalue weighted by molar-refractivity contribution is 6.07. The first-order valence-electron chi connectivity index (χ1n) is 8.42. The Morgan fingerprint density at radius 2 is 2.07 bits per heavy atom. The van der Waals surface area contributed by atoms with Gasteiger partial charge < -0.3 is 15.0 Å². The molecule has 0 spiro atoms. The predicted molar refractivity (Wildman–Crippen MR) is 98.1 cm³/mol. The largest absolute Gasteiger partial charge is 0.465 e. The van der Waals surface area contributed by atoms with E-state index in [1.54, 1.807) is 36.7 Å². The number of carbonyl (C=O) groups excluding carboxylic acids is 2. The highest BCUT2D eigenvalue weighted by atomic mass is 16.5. The fraction of sp³-hybridized carbons (Fsp3) is 0.278. The van der Waals surface area contributed by atoms with E-state index in [9.17, 15) is 9.59 Å². The van der Waals surface area contributed by atoms with Crippen LogP contribution in [0.4, 0.5) is 5.69 Å². The lowest BCUT2D eigenvalue weighted by Gasteiger charge is -2.08. The zero-order valence-corrected chi connectivity index (χ0v) is 15.5. The number of carbonyl (C=O) groups is 2. The highest BCUT2D eigenvalue weighted by Gasteiger charge is 2.23. The van der Waals surface area contributed by atoms with Gasteiger partial charge in [0.15, 0.2) is 5.82 Å². The van der Waals surface area contributed by atoms with Crippen LogP contribution in [0.5, 0.6) is 0 Å². The summed E-state index contributed by atoms with van der Waals surface area (Å²) in [6.07, 6.45) is 0.576. The fourth-order valence-corrected chi connectivity index (χ4v) is 2.91. The lowest BCUT2D eigenvalue weighted by molar-refractivity contribution is 0.0599. The van der Waals surface area contributed by atoms with Gasteiger partial charge in [-0.25, -0.2) is 4.79 Å². The highest BCUT2D eigenvalue weighted by Crippen LogP contribution is 2.22. The van der Waals surface area contributed by atoms with Crippen molar-refractivity contribution < 1.29 is 14.3 Å². The van der Waals surface area contributed by atoms with Crippen molar-refractivity contribution in [2.75, 3.05) is 12.4 Å². The molecule has 0 fully saturated rings. The van der Waals surface area contributed by atoms with Gasteiger partial charge in [0.1, 0.15) is 5.69 Å². The Hall–Kier alpha value is -3.49. The third kappa shape index (κ3) is 3.43. The van der Waals surface area contributed by atoms with Gasteiger partial charge in [-0.05, 0) is 54.5 Å². The molecule has 0 atom stereocenters. The molecule has 9 nitrogen and oxygen atoms in total. The molecule has 0 bridgehead atoms. The first-order chi connectivity index (χ1) is 13.0. The lowest BCUT2D eigenvalue weighted by atomic mass is 10.1. The van der Waals surface area contributed by atoms with Gasteiger partial charge in [0, 0.05) is 11.4 Å². The van der Waals surface area contributed by atoms with Crippen LogP contribution in [0.1, 0.15) is 44.9 Å². The summed E-state index contributed by atoms with van der Waals surface area (Å²) >= 11 is 0. The second kappa shape index (κ2) is 7.40. The van der Waals surface area contributed by atoms with E-state index < -0.39 is 5.97 Å². The number of methoxy groups -OCH3 is 1. The van der Waals surface area contributed by atoms with Gasteiger partial charge in [-0.15, -0.1) is 5.10 Å². The van der Waals surface area contributed by atoms with Crippen molar-refractivity contribution >= 4 is 17.6 Å². The third-order valence-electron chi connectivity index (χ3n) is 4.27. The average molecular weight is 368 g/mol. The number of rotatable bonds is 5. The second-order valence-corrected chi connectivity index (χ2v) is 5.97. The van der Waals surface area contributed by atoms with Crippen LogP contribution in [-0.4, -0.2) is 44.2 Å². The molecule has 1 aromatic carbocycles. The van der Waals surface area contributed by atoms with E-state index in [-0.39, 0.29) is 5.91 Å². The molecule has 0 unspecified atom stereocenters. The summed E-state index contributed by atoms with van der Waals surface area (Å²) in [5, 5.41) is 14.2. The molecule has 2 N–H and O–H groups in total. The van der Waals surface area contributed by atoms with Crippen molar-refractivity contribution in [1.29, 1.82) is 0 Å². The number of aryl methyl sites for hydroxylation is 2. The molecule has 0 radical (unpaired) electrons. The van der Waals surface area contributed by atoms with E-state index in [2.05, 4.69) is 25.8 Å². The normalized spacial score (nSPS) is 10.7. The van der Waals surface area contributed by atoms with Crippen molar-refractivity contribution in [3.63, 3.8) is 0 Å². The number of H-pyrrole nitrogens is 1. The molecular weight excluding hydrogens is 348 g/mol. The van der Waals surface area contributed by atoms with Crippen LogP contribution in [0.15, 0.2) is 24.3 Å². The SMILES string of the molecule is CCc1[nH]c(C(=O)Nc2cccc(-n3nnnc3C)c2)c(C)c1C(=O)OC. The third-order valence-corrected chi connectivity index (χ3v) is 4.27. The van der Waals surface area contributed by atoms with Crippen LogP contribution in [0.25, 0.3) is 5.69 Å². The number of tetrazole rings is 1. The van der Waals surface area contributed by atoms with Gasteiger partial charge in [0.25, 0.3) is 5.91 Å². The maximum atomic E-state index is 12.8. The maximum absolute atomic E-state index is 12.8. The summed E-state index contributed by atoms with van der Waals surface area (Å²) in [5.74, 6) is -0.173. The Kier molecular flexibility index (Phi) is 5.02.